The average molecular weight is 657 g/mol. The number of aliphatic hydroxyl groups is 6. The van der Waals surface area contributed by atoms with Gasteiger partial charge in [-0.2, -0.15) is 0 Å². The highest BCUT2D eigenvalue weighted by molar-refractivity contribution is 7.47. The maximum Gasteiger partial charge on any atom is 0.475 e. The third-order valence-corrected chi connectivity index (χ3v) is 7.68. The molecule has 0 radical (unpaired) electrons. The number of carboxylic acids is 1. The van der Waals surface area contributed by atoms with E-state index in [0.29, 0.717) is 0 Å². The molecule has 23 nitrogen and oxygen atoms in total. The van der Waals surface area contributed by atoms with Gasteiger partial charge in [0.15, 0.2) is 6.23 Å². The minimum absolute atomic E-state index is 0.803. The van der Waals surface area contributed by atoms with Crippen molar-refractivity contribution in [1.29, 1.82) is 0 Å². The molecule has 3 rings (SSSR count). The highest BCUT2D eigenvalue weighted by Gasteiger charge is 2.59. The molecule has 0 aromatic heterocycles. The number of phosphoric acid groups is 1. The van der Waals surface area contributed by atoms with Gasteiger partial charge in [0.1, 0.15) is 43.2 Å². The lowest BCUT2D eigenvalue weighted by atomic mass is 9.88. The molecule has 0 saturated carbocycles. The molecule has 248 valence electrons. The van der Waals surface area contributed by atoms with Crippen LogP contribution < -0.4 is 16.4 Å². The molecule has 24 heteroatoms. The summed E-state index contributed by atoms with van der Waals surface area (Å²) in [6.45, 7) is -2.95. The zero-order chi connectivity index (χ0) is 33.0. The first-order chi connectivity index (χ1) is 20.6. The van der Waals surface area contributed by atoms with E-state index in [1.54, 1.807) is 0 Å². The number of azide groups is 1. The number of ether oxygens (including phenoxy) is 2. The monoisotopic (exact) mass is 657 g/mol. The maximum atomic E-state index is 12.9. The van der Waals surface area contributed by atoms with E-state index < -0.39 is 119 Å². The number of carboxylic acid groups (broad SMARTS) is 1. The number of carbonyl (C=O) groups excluding carboxylic acids is 2. The highest BCUT2D eigenvalue weighted by atomic mass is 31.2. The Balaban J connectivity index is 1.77. The fourth-order valence-corrected chi connectivity index (χ4v) is 5.46. The zero-order valence-corrected chi connectivity index (χ0v) is 23.3. The normalized spacial score (nSPS) is 36.5. The number of carbonyl (C=O) groups is 3. The van der Waals surface area contributed by atoms with Gasteiger partial charge in [-0.1, -0.05) is 5.11 Å². The van der Waals surface area contributed by atoms with E-state index >= 15 is 0 Å². The van der Waals surface area contributed by atoms with Crippen LogP contribution in [-0.2, 0) is 32.7 Å². The molecule has 12 N–H and O–H groups in total. The first-order valence-corrected chi connectivity index (χ1v) is 14.1. The molecular formula is C20H32N7O16P. The van der Waals surface area contributed by atoms with Crippen LogP contribution in [0.1, 0.15) is 6.42 Å². The number of rotatable bonds is 13. The Kier molecular flexibility index (Phi) is 11.6. The van der Waals surface area contributed by atoms with Crippen LogP contribution in [0.4, 0.5) is 4.79 Å². The van der Waals surface area contributed by atoms with Crippen molar-refractivity contribution < 1.29 is 78.1 Å². The fourth-order valence-electron chi connectivity index (χ4n) is 4.51. The van der Waals surface area contributed by atoms with E-state index in [-0.39, 0.29) is 0 Å². The predicted molar refractivity (Wildman–Crippen MR) is 136 cm³/mol. The number of amides is 3. The van der Waals surface area contributed by atoms with Crippen LogP contribution in [0, 0.1) is 0 Å². The van der Waals surface area contributed by atoms with Crippen molar-refractivity contribution in [3.05, 3.63) is 22.7 Å². The van der Waals surface area contributed by atoms with Gasteiger partial charge in [0.05, 0.1) is 31.5 Å². The summed E-state index contributed by atoms with van der Waals surface area (Å²) in [5, 5.41) is 78.4. The van der Waals surface area contributed by atoms with Crippen LogP contribution >= 0.6 is 7.82 Å². The molecule has 44 heavy (non-hydrogen) atoms. The molecule has 3 heterocycles. The van der Waals surface area contributed by atoms with Gasteiger partial charge in [-0.15, -0.1) is 0 Å². The van der Waals surface area contributed by atoms with Crippen molar-refractivity contribution in [3.8, 4) is 0 Å². The Morgan fingerprint density at radius 1 is 1.34 bits per heavy atom. The first kappa shape index (κ1) is 35.5. The second-order valence-electron chi connectivity index (χ2n) is 9.76. The van der Waals surface area contributed by atoms with Gasteiger partial charge >= 0.3 is 19.8 Å². The average Bonchev–Trinajstić information content (AvgIpc) is 3.23. The van der Waals surface area contributed by atoms with Crippen molar-refractivity contribution >= 4 is 25.7 Å². The van der Waals surface area contributed by atoms with E-state index in [1.165, 1.54) is 12.3 Å². The molecular weight excluding hydrogens is 625 g/mol. The quantitative estimate of drug-likeness (QED) is 0.0381. The Hall–Kier alpha value is -2.99. The molecule has 3 aliphatic rings. The topological polar surface area (TPSA) is 369 Å². The zero-order valence-electron chi connectivity index (χ0n) is 22.4. The summed E-state index contributed by atoms with van der Waals surface area (Å²) in [5.41, 5.74) is 13.9. The summed E-state index contributed by atoms with van der Waals surface area (Å²) >= 11 is 0. The lowest BCUT2D eigenvalue weighted by Crippen LogP contribution is -2.68. The van der Waals surface area contributed by atoms with Crippen molar-refractivity contribution in [2.24, 2.45) is 10.8 Å². The van der Waals surface area contributed by atoms with E-state index in [9.17, 15) is 59.6 Å². The number of nitrogens with one attached hydrogen (secondary N) is 2. The van der Waals surface area contributed by atoms with Crippen molar-refractivity contribution in [1.82, 2.24) is 15.5 Å². The molecule has 2 saturated heterocycles. The molecule has 0 bridgehead atoms. The van der Waals surface area contributed by atoms with Gasteiger partial charge < -0.3 is 66.5 Å². The number of phosphoric ester groups is 1. The molecule has 3 amide bonds. The summed E-state index contributed by atoms with van der Waals surface area (Å²) in [6, 6.07) is -2.54. The third-order valence-electron chi connectivity index (χ3n) is 6.68. The van der Waals surface area contributed by atoms with Gasteiger partial charge in [0.2, 0.25) is 5.91 Å². The predicted octanol–water partition coefficient (Wildman–Crippen LogP) is -5.17. The van der Waals surface area contributed by atoms with Crippen LogP contribution in [0.5, 0.6) is 0 Å². The van der Waals surface area contributed by atoms with Crippen molar-refractivity contribution in [2.45, 2.75) is 73.4 Å². The lowest BCUT2D eigenvalue weighted by Gasteiger charge is -2.46. The van der Waals surface area contributed by atoms with Crippen molar-refractivity contribution in [3.63, 3.8) is 0 Å². The number of urea groups is 1. The minimum Gasteiger partial charge on any atom is -0.477 e. The van der Waals surface area contributed by atoms with Crippen LogP contribution in [0.25, 0.3) is 10.4 Å². The van der Waals surface area contributed by atoms with Crippen LogP contribution in [0.15, 0.2) is 17.4 Å². The summed E-state index contributed by atoms with van der Waals surface area (Å²) in [7, 11) is -5.58. The highest BCUT2D eigenvalue weighted by Crippen LogP contribution is 2.51. The van der Waals surface area contributed by atoms with Gasteiger partial charge in [-0.3, -0.25) is 14.2 Å². The SMILES string of the molecule is [N-]=[N+]=NCC(=O)NC1C(O)CC(OP(=O)(O)OCC2OC(N3C=CC(N)NC3=O)C(O)C2O)(C(=O)O)OC1C(O)C(O)CO. The second kappa shape index (κ2) is 14.4. The summed E-state index contributed by atoms with van der Waals surface area (Å²) in [5.74, 6) is -6.47. The number of aliphatic carboxylic acids is 1. The van der Waals surface area contributed by atoms with Crippen LogP contribution in [0.2, 0.25) is 0 Å². The summed E-state index contributed by atoms with van der Waals surface area (Å²) in [4.78, 5) is 50.1. The van der Waals surface area contributed by atoms with E-state index in [4.69, 9.17) is 29.8 Å². The van der Waals surface area contributed by atoms with Gasteiger partial charge in [0.25, 0.3) is 5.79 Å². The molecule has 3 aliphatic heterocycles. The van der Waals surface area contributed by atoms with Crippen LogP contribution in [0.3, 0.4) is 0 Å². The molecule has 0 aliphatic carbocycles. The number of hydrogen-bond donors (Lipinski definition) is 11. The third kappa shape index (κ3) is 7.99. The fraction of sp³-hybridized carbons (Fsp3) is 0.750. The van der Waals surface area contributed by atoms with E-state index in [0.717, 1.165) is 4.90 Å². The summed E-state index contributed by atoms with van der Waals surface area (Å²) < 4.78 is 33.1. The number of hydrogen-bond acceptors (Lipinski definition) is 16. The Morgan fingerprint density at radius 2 is 2.02 bits per heavy atom. The van der Waals surface area contributed by atoms with Gasteiger partial charge in [0, 0.05) is 17.5 Å². The lowest BCUT2D eigenvalue weighted by molar-refractivity contribution is -0.289. The second-order valence-corrected chi connectivity index (χ2v) is 11.1. The molecule has 0 spiro atoms. The molecule has 2 fully saturated rings. The first-order valence-electron chi connectivity index (χ1n) is 12.6. The van der Waals surface area contributed by atoms with Crippen LogP contribution in [-0.4, -0.2) is 150 Å². The Bertz CT molecular complexity index is 1210. The van der Waals surface area contributed by atoms with E-state index in [2.05, 4.69) is 20.7 Å². The smallest absolute Gasteiger partial charge is 0.475 e. The van der Waals surface area contributed by atoms with Crippen molar-refractivity contribution in [2.75, 3.05) is 19.8 Å². The molecule has 12 unspecified atom stereocenters. The number of nitrogens with zero attached hydrogens (tertiary/aromatic N) is 4. The standard InChI is InChI=1S/C20H32N7O16P/c21-10-1-2-27(19(37)24-10)17-15(34)14(33)9(41-17)6-40-44(38,39)43-20(18(35)36)3-7(29)12(25-11(31)4-23-26-22)16(42-20)13(32)8(30)5-28/h1-2,7-10,12-17,28-30,32-34H,3-6,21H2,(H,24,37)(H,25,31)(H,35,36)(H,38,39). The molecule has 12 atom stereocenters. The largest absolute Gasteiger partial charge is 0.477 e. The maximum absolute atomic E-state index is 12.9. The van der Waals surface area contributed by atoms with Gasteiger partial charge in [-0.05, 0) is 11.6 Å². The number of nitrogens with two attached hydrogens (primary N) is 1. The van der Waals surface area contributed by atoms with Gasteiger partial charge in [-0.25, -0.2) is 18.7 Å². The molecule has 0 aromatic carbocycles. The van der Waals surface area contributed by atoms with E-state index in [1.807, 2.05) is 0 Å². The summed E-state index contributed by atoms with van der Waals surface area (Å²) in [6.07, 6.45) is -14.6. The molecule has 0 aromatic rings. The Morgan fingerprint density at radius 3 is 2.61 bits per heavy atom. The minimum atomic E-state index is -5.58. The number of aliphatic hydroxyl groups excluding tert-OH is 6. The Labute approximate surface area is 246 Å².